The molecule has 3 heteroatoms. The Kier molecular flexibility index (Phi) is 5.87. The van der Waals surface area contributed by atoms with Crippen LogP contribution in [0.2, 0.25) is 0 Å². The van der Waals surface area contributed by atoms with Crippen LogP contribution in [0.4, 0.5) is 13.2 Å². The number of halogens is 3. The summed E-state index contributed by atoms with van der Waals surface area (Å²) in [6, 6.07) is 13.1. The second-order valence-corrected chi connectivity index (χ2v) is 5.45. The fourth-order valence-corrected chi connectivity index (χ4v) is 2.31. The van der Waals surface area contributed by atoms with Crippen LogP contribution in [0.15, 0.2) is 48.5 Å². The molecule has 0 aliphatic heterocycles. The number of hydrogen-bond acceptors (Lipinski definition) is 0. The largest absolute Gasteiger partial charge is 0.417 e. The van der Waals surface area contributed by atoms with Gasteiger partial charge in [0.15, 0.2) is 0 Å². The third-order valence-corrected chi connectivity index (χ3v) is 3.60. The maximum absolute atomic E-state index is 12.9. The van der Waals surface area contributed by atoms with Gasteiger partial charge in [0.05, 0.1) is 5.56 Å². The van der Waals surface area contributed by atoms with Gasteiger partial charge in [0.25, 0.3) is 0 Å². The Bertz CT molecular complexity index is 685. The summed E-state index contributed by atoms with van der Waals surface area (Å²) in [7, 11) is 0. The van der Waals surface area contributed by atoms with Gasteiger partial charge in [0.2, 0.25) is 0 Å². The molecule has 0 spiro atoms. The Balaban J connectivity index is 2.14. The Morgan fingerprint density at radius 3 is 2.22 bits per heavy atom. The number of hydrogen-bond donors (Lipinski definition) is 0. The monoisotopic (exact) mass is 316 g/mol. The van der Waals surface area contributed by atoms with Crippen molar-refractivity contribution in [3.8, 4) is 11.8 Å². The first-order valence-electron chi connectivity index (χ1n) is 7.78. The summed E-state index contributed by atoms with van der Waals surface area (Å²) in [5, 5.41) is 0. The predicted octanol–water partition coefficient (Wildman–Crippen LogP) is 5.84. The van der Waals surface area contributed by atoms with Gasteiger partial charge in [-0.25, -0.2) is 0 Å². The average Bonchev–Trinajstić information content (AvgIpc) is 2.54. The molecule has 0 unspecified atom stereocenters. The summed E-state index contributed by atoms with van der Waals surface area (Å²) >= 11 is 0. The fourth-order valence-electron chi connectivity index (χ4n) is 2.31. The highest BCUT2D eigenvalue weighted by atomic mass is 19.4. The minimum atomic E-state index is -4.38. The highest BCUT2D eigenvalue weighted by molar-refractivity contribution is 5.47. The molecule has 0 heterocycles. The van der Waals surface area contributed by atoms with Crippen molar-refractivity contribution in [2.24, 2.45) is 0 Å². The number of rotatable bonds is 4. The van der Waals surface area contributed by atoms with Crippen molar-refractivity contribution in [2.75, 3.05) is 0 Å². The van der Waals surface area contributed by atoms with E-state index in [2.05, 4.69) is 18.8 Å². The molecule has 0 atom stereocenters. The smallest absolute Gasteiger partial charge is 0.166 e. The molecule has 0 N–H and O–H groups in total. The van der Waals surface area contributed by atoms with Crippen LogP contribution in [-0.4, -0.2) is 0 Å². The van der Waals surface area contributed by atoms with E-state index in [-0.39, 0.29) is 5.56 Å². The molecule has 0 amide bonds. The second kappa shape index (κ2) is 7.87. The van der Waals surface area contributed by atoms with Crippen molar-refractivity contribution < 1.29 is 13.2 Å². The lowest BCUT2D eigenvalue weighted by Gasteiger charge is -2.08. The van der Waals surface area contributed by atoms with Gasteiger partial charge in [-0.15, -0.1) is 0 Å². The van der Waals surface area contributed by atoms with Gasteiger partial charge in [-0.1, -0.05) is 55.9 Å². The van der Waals surface area contributed by atoms with E-state index in [1.165, 1.54) is 30.5 Å². The van der Waals surface area contributed by atoms with E-state index in [0.717, 1.165) is 24.5 Å². The molecule has 0 bridgehead atoms. The molecule has 0 saturated heterocycles. The van der Waals surface area contributed by atoms with Gasteiger partial charge in [0.1, 0.15) is 0 Å². The van der Waals surface area contributed by atoms with E-state index in [1.54, 1.807) is 6.07 Å². The minimum absolute atomic E-state index is 0.00650. The van der Waals surface area contributed by atoms with Gasteiger partial charge >= 0.3 is 6.18 Å². The van der Waals surface area contributed by atoms with E-state index in [4.69, 9.17) is 0 Å². The zero-order valence-corrected chi connectivity index (χ0v) is 13.1. The van der Waals surface area contributed by atoms with Crippen molar-refractivity contribution >= 4 is 0 Å². The molecule has 23 heavy (non-hydrogen) atoms. The van der Waals surface area contributed by atoms with Crippen LogP contribution in [0.3, 0.4) is 0 Å². The lowest BCUT2D eigenvalue weighted by molar-refractivity contribution is -0.137. The molecule has 0 aliphatic rings. The van der Waals surface area contributed by atoms with Gasteiger partial charge < -0.3 is 0 Å². The SMILES string of the molecule is CCCCCc1ccc(C#Cc2ccccc2C(F)(F)F)cc1. The molecule has 2 aromatic rings. The van der Waals surface area contributed by atoms with Crippen LogP contribution in [-0.2, 0) is 12.6 Å². The van der Waals surface area contributed by atoms with Crippen LogP contribution < -0.4 is 0 Å². The zero-order chi connectivity index (χ0) is 16.7. The topological polar surface area (TPSA) is 0 Å². The minimum Gasteiger partial charge on any atom is -0.166 e. The second-order valence-electron chi connectivity index (χ2n) is 5.45. The number of alkyl halides is 3. The highest BCUT2D eigenvalue weighted by Gasteiger charge is 2.32. The molecular weight excluding hydrogens is 297 g/mol. The molecule has 0 nitrogen and oxygen atoms in total. The molecule has 2 aromatic carbocycles. The van der Waals surface area contributed by atoms with Crippen LogP contribution in [0, 0.1) is 11.8 Å². The summed E-state index contributed by atoms with van der Waals surface area (Å²) in [6.45, 7) is 2.16. The first-order chi connectivity index (χ1) is 11.0. The van der Waals surface area contributed by atoms with Gasteiger partial charge in [-0.2, -0.15) is 13.2 Å². The fraction of sp³-hybridized carbons (Fsp3) is 0.300. The first-order valence-corrected chi connectivity index (χ1v) is 7.78. The molecule has 0 aromatic heterocycles. The molecule has 0 aliphatic carbocycles. The van der Waals surface area contributed by atoms with Crippen LogP contribution in [0.5, 0.6) is 0 Å². The van der Waals surface area contributed by atoms with Gasteiger partial charge in [-0.3, -0.25) is 0 Å². The average molecular weight is 316 g/mol. The molecule has 0 fully saturated rings. The van der Waals surface area contributed by atoms with Crippen molar-refractivity contribution in [1.82, 2.24) is 0 Å². The summed E-state index contributed by atoms with van der Waals surface area (Å²) in [6.07, 6.45) is 0.186. The zero-order valence-electron chi connectivity index (χ0n) is 13.1. The Morgan fingerprint density at radius 2 is 1.57 bits per heavy atom. The molecule has 2 rings (SSSR count). The van der Waals surface area contributed by atoms with E-state index in [1.807, 2.05) is 24.3 Å². The normalized spacial score (nSPS) is 11.0. The van der Waals surface area contributed by atoms with Gasteiger partial charge in [0, 0.05) is 11.1 Å². The van der Waals surface area contributed by atoms with Crippen LogP contribution >= 0.6 is 0 Å². The maximum Gasteiger partial charge on any atom is 0.417 e. The number of aryl methyl sites for hydroxylation is 1. The summed E-state index contributed by atoms with van der Waals surface area (Å²) in [4.78, 5) is 0. The predicted molar refractivity (Wildman–Crippen MR) is 87.1 cm³/mol. The number of unbranched alkanes of at least 4 members (excludes halogenated alkanes) is 2. The number of benzene rings is 2. The lowest BCUT2D eigenvalue weighted by Crippen LogP contribution is -2.07. The summed E-state index contributed by atoms with van der Waals surface area (Å²) in [5.74, 6) is 5.46. The Morgan fingerprint density at radius 1 is 0.870 bits per heavy atom. The van der Waals surface area contributed by atoms with Gasteiger partial charge in [-0.05, 0) is 42.7 Å². The molecule has 0 radical (unpaired) electrons. The first kappa shape index (κ1) is 17.1. The third kappa shape index (κ3) is 5.17. The molecule has 0 saturated carbocycles. The van der Waals surface area contributed by atoms with E-state index in [9.17, 15) is 13.2 Å². The molecule has 120 valence electrons. The van der Waals surface area contributed by atoms with Crippen LogP contribution in [0.25, 0.3) is 0 Å². The van der Waals surface area contributed by atoms with Crippen molar-refractivity contribution in [3.63, 3.8) is 0 Å². The van der Waals surface area contributed by atoms with Crippen molar-refractivity contribution in [1.29, 1.82) is 0 Å². The summed E-state index contributed by atoms with van der Waals surface area (Å²) < 4.78 is 38.7. The summed E-state index contributed by atoms with van der Waals surface area (Å²) in [5.41, 5.74) is 1.27. The van der Waals surface area contributed by atoms with E-state index < -0.39 is 11.7 Å². The standard InChI is InChI=1S/C20H19F3/c1-2-3-4-7-16-10-12-17(13-11-16)14-15-18-8-5-6-9-19(18)20(21,22)23/h5-6,8-13H,2-4,7H2,1H3. The Labute approximate surface area is 135 Å². The van der Waals surface area contributed by atoms with E-state index in [0.29, 0.717) is 0 Å². The Hall–Kier alpha value is -2.21. The maximum atomic E-state index is 12.9. The van der Waals surface area contributed by atoms with Crippen LogP contribution in [0.1, 0.15) is 48.4 Å². The van der Waals surface area contributed by atoms with Crippen molar-refractivity contribution in [3.05, 3.63) is 70.8 Å². The highest BCUT2D eigenvalue weighted by Crippen LogP contribution is 2.31. The van der Waals surface area contributed by atoms with Crippen molar-refractivity contribution in [2.45, 2.75) is 38.8 Å². The lowest BCUT2D eigenvalue weighted by atomic mass is 10.0. The quantitative estimate of drug-likeness (QED) is 0.491. The molecular formula is C20H19F3. The third-order valence-electron chi connectivity index (χ3n) is 3.60. The van der Waals surface area contributed by atoms with E-state index >= 15 is 0 Å².